The summed E-state index contributed by atoms with van der Waals surface area (Å²) in [5, 5.41) is 2.26. The Kier molecular flexibility index (Phi) is 7.75. The van der Waals surface area contributed by atoms with Crippen LogP contribution in [0.5, 0.6) is 11.5 Å². The third-order valence-electron chi connectivity index (χ3n) is 4.61. The lowest BCUT2D eigenvalue weighted by molar-refractivity contribution is -0.129. The largest absolute Gasteiger partial charge is 0.494 e. The SMILES string of the molecule is CCOc1ccc(/C=C2\SC(=O)N(CC(=O)NC[C@@H]3CCCO3)C2=O)c(OCC)c1. The molecule has 3 rings (SSSR count). The first-order valence-electron chi connectivity index (χ1n) is 10.0. The Morgan fingerprint density at radius 2 is 2.10 bits per heavy atom. The zero-order valence-electron chi connectivity index (χ0n) is 17.1. The molecule has 30 heavy (non-hydrogen) atoms. The second-order valence-corrected chi connectivity index (χ2v) is 7.77. The molecule has 0 radical (unpaired) electrons. The van der Waals surface area contributed by atoms with Crippen molar-refractivity contribution in [3.8, 4) is 11.5 Å². The molecule has 2 saturated heterocycles. The fourth-order valence-corrected chi connectivity index (χ4v) is 4.01. The molecule has 3 amide bonds. The predicted molar refractivity (Wildman–Crippen MR) is 113 cm³/mol. The molecular weight excluding hydrogens is 408 g/mol. The molecule has 9 heteroatoms. The fourth-order valence-electron chi connectivity index (χ4n) is 3.18. The molecule has 0 unspecified atom stereocenters. The molecule has 162 valence electrons. The highest BCUT2D eigenvalue weighted by atomic mass is 32.2. The second kappa shape index (κ2) is 10.5. The van der Waals surface area contributed by atoms with E-state index in [2.05, 4.69) is 5.32 Å². The smallest absolute Gasteiger partial charge is 0.294 e. The van der Waals surface area contributed by atoms with Gasteiger partial charge in [-0.05, 0) is 56.7 Å². The molecule has 0 spiro atoms. The highest BCUT2D eigenvalue weighted by Gasteiger charge is 2.36. The van der Waals surface area contributed by atoms with Gasteiger partial charge in [0.2, 0.25) is 5.91 Å². The number of nitrogens with one attached hydrogen (secondary N) is 1. The van der Waals surface area contributed by atoms with Crippen LogP contribution in [0.15, 0.2) is 23.1 Å². The number of hydrogen-bond donors (Lipinski definition) is 1. The molecule has 1 atom stereocenters. The summed E-state index contributed by atoms with van der Waals surface area (Å²) in [5.41, 5.74) is 0.661. The minimum Gasteiger partial charge on any atom is -0.494 e. The highest BCUT2D eigenvalue weighted by Crippen LogP contribution is 2.35. The Bertz CT molecular complexity index is 835. The van der Waals surface area contributed by atoms with Gasteiger partial charge in [0.15, 0.2) is 0 Å². The van der Waals surface area contributed by atoms with Crippen LogP contribution in [0.2, 0.25) is 0 Å². The number of rotatable bonds is 9. The van der Waals surface area contributed by atoms with Crippen LogP contribution >= 0.6 is 11.8 Å². The lowest BCUT2D eigenvalue weighted by Crippen LogP contribution is -2.41. The summed E-state index contributed by atoms with van der Waals surface area (Å²) in [4.78, 5) is 38.4. The summed E-state index contributed by atoms with van der Waals surface area (Å²) < 4.78 is 16.6. The second-order valence-electron chi connectivity index (χ2n) is 6.77. The summed E-state index contributed by atoms with van der Waals surface area (Å²) in [7, 11) is 0. The van der Waals surface area contributed by atoms with Crippen LogP contribution in [0.3, 0.4) is 0 Å². The molecule has 0 aromatic heterocycles. The molecule has 2 aliphatic rings. The van der Waals surface area contributed by atoms with Crippen molar-refractivity contribution in [3.05, 3.63) is 28.7 Å². The van der Waals surface area contributed by atoms with Crippen LogP contribution in [-0.2, 0) is 14.3 Å². The molecule has 0 bridgehead atoms. The number of imide groups is 1. The van der Waals surface area contributed by atoms with E-state index in [9.17, 15) is 14.4 Å². The third kappa shape index (κ3) is 5.54. The Morgan fingerprint density at radius 1 is 1.30 bits per heavy atom. The van der Waals surface area contributed by atoms with Crippen LogP contribution in [-0.4, -0.2) is 61.0 Å². The van der Waals surface area contributed by atoms with Crippen molar-refractivity contribution < 1.29 is 28.6 Å². The number of carbonyl (C=O) groups is 3. The van der Waals surface area contributed by atoms with Crippen LogP contribution in [0.4, 0.5) is 4.79 Å². The van der Waals surface area contributed by atoms with E-state index in [1.807, 2.05) is 13.8 Å². The average Bonchev–Trinajstić information content (AvgIpc) is 3.33. The van der Waals surface area contributed by atoms with Gasteiger partial charge in [0, 0.05) is 24.8 Å². The highest BCUT2D eigenvalue weighted by molar-refractivity contribution is 8.18. The Hall–Kier alpha value is -2.52. The zero-order chi connectivity index (χ0) is 21.5. The van der Waals surface area contributed by atoms with Crippen molar-refractivity contribution in [2.75, 3.05) is 32.9 Å². The minimum absolute atomic E-state index is 0.000379. The lowest BCUT2D eigenvalue weighted by atomic mass is 10.1. The van der Waals surface area contributed by atoms with Crippen molar-refractivity contribution in [2.45, 2.75) is 32.8 Å². The van der Waals surface area contributed by atoms with Crippen molar-refractivity contribution in [1.82, 2.24) is 10.2 Å². The van der Waals surface area contributed by atoms with Gasteiger partial charge in [-0.3, -0.25) is 19.3 Å². The summed E-state index contributed by atoms with van der Waals surface area (Å²) in [6, 6.07) is 5.31. The first kappa shape index (κ1) is 22.2. The van der Waals surface area contributed by atoms with Gasteiger partial charge in [0.1, 0.15) is 18.0 Å². The van der Waals surface area contributed by atoms with Gasteiger partial charge in [-0.15, -0.1) is 0 Å². The molecule has 2 aliphatic heterocycles. The normalized spacial score (nSPS) is 20.1. The first-order valence-corrected chi connectivity index (χ1v) is 10.9. The minimum atomic E-state index is -0.492. The van der Waals surface area contributed by atoms with E-state index in [1.165, 1.54) is 0 Å². The van der Waals surface area contributed by atoms with E-state index in [0.717, 1.165) is 29.5 Å². The summed E-state index contributed by atoms with van der Waals surface area (Å²) >= 11 is 0.810. The first-order chi connectivity index (χ1) is 14.5. The molecule has 8 nitrogen and oxygen atoms in total. The summed E-state index contributed by atoms with van der Waals surface area (Å²) in [5.74, 6) is 0.345. The van der Waals surface area contributed by atoms with Gasteiger partial charge in [0.25, 0.3) is 11.1 Å². The van der Waals surface area contributed by atoms with Crippen LogP contribution in [0, 0.1) is 0 Å². The van der Waals surface area contributed by atoms with E-state index in [1.54, 1.807) is 24.3 Å². The number of nitrogens with zero attached hydrogens (tertiary/aromatic N) is 1. The van der Waals surface area contributed by atoms with Gasteiger partial charge in [-0.25, -0.2) is 0 Å². The van der Waals surface area contributed by atoms with Crippen LogP contribution < -0.4 is 14.8 Å². The number of benzene rings is 1. The van der Waals surface area contributed by atoms with Crippen LogP contribution in [0.1, 0.15) is 32.3 Å². The van der Waals surface area contributed by atoms with Crippen molar-refractivity contribution in [2.24, 2.45) is 0 Å². The maximum absolute atomic E-state index is 12.7. The topological polar surface area (TPSA) is 94.2 Å². The number of carbonyl (C=O) groups excluding carboxylic acids is 3. The van der Waals surface area contributed by atoms with Gasteiger partial charge in [-0.1, -0.05) is 0 Å². The van der Waals surface area contributed by atoms with Gasteiger partial charge >= 0.3 is 0 Å². The molecule has 2 heterocycles. The Balaban J connectivity index is 1.67. The number of ether oxygens (including phenoxy) is 3. The average molecular weight is 435 g/mol. The maximum atomic E-state index is 12.7. The third-order valence-corrected chi connectivity index (χ3v) is 5.52. The summed E-state index contributed by atoms with van der Waals surface area (Å²) in [6.07, 6.45) is 3.48. The number of amides is 3. The maximum Gasteiger partial charge on any atom is 0.294 e. The molecule has 1 aromatic carbocycles. The molecule has 0 saturated carbocycles. The van der Waals surface area contributed by atoms with Gasteiger partial charge in [0.05, 0.1) is 24.2 Å². The molecular formula is C21H26N2O6S. The van der Waals surface area contributed by atoms with Crippen LogP contribution in [0.25, 0.3) is 6.08 Å². The monoisotopic (exact) mass is 434 g/mol. The number of hydrogen-bond acceptors (Lipinski definition) is 7. The fraction of sp³-hybridized carbons (Fsp3) is 0.476. The van der Waals surface area contributed by atoms with E-state index >= 15 is 0 Å². The van der Waals surface area contributed by atoms with Crippen molar-refractivity contribution in [1.29, 1.82) is 0 Å². The molecule has 2 fully saturated rings. The predicted octanol–water partition coefficient (Wildman–Crippen LogP) is 2.82. The standard InChI is InChI=1S/C21H26N2O6S/c1-3-27-15-8-7-14(17(11-15)28-4-2)10-18-20(25)23(21(26)30-18)13-19(24)22-12-16-6-5-9-29-16/h7-8,10-11,16H,3-6,9,12-13H2,1-2H3,(H,22,24)/b18-10-/t16-/m0/s1. The van der Waals surface area contributed by atoms with E-state index in [4.69, 9.17) is 14.2 Å². The van der Waals surface area contributed by atoms with E-state index < -0.39 is 11.1 Å². The molecule has 1 aromatic rings. The van der Waals surface area contributed by atoms with Crippen molar-refractivity contribution in [3.63, 3.8) is 0 Å². The molecule has 0 aliphatic carbocycles. The zero-order valence-corrected chi connectivity index (χ0v) is 18.0. The molecule has 1 N–H and O–H groups in total. The van der Waals surface area contributed by atoms with Gasteiger partial charge < -0.3 is 19.5 Å². The van der Waals surface area contributed by atoms with E-state index in [-0.39, 0.29) is 23.5 Å². The van der Waals surface area contributed by atoms with E-state index in [0.29, 0.717) is 43.4 Å². The lowest BCUT2D eigenvalue weighted by Gasteiger charge is -2.14. The Labute approximate surface area is 179 Å². The quantitative estimate of drug-likeness (QED) is 0.597. The summed E-state index contributed by atoms with van der Waals surface area (Å²) in [6.45, 7) is 5.50. The van der Waals surface area contributed by atoms with Crippen molar-refractivity contribution >= 4 is 34.9 Å². The Morgan fingerprint density at radius 3 is 2.80 bits per heavy atom. The van der Waals surface area contributed by atoms with Gasteiger partial charge in [-0.2, -0.15) is 0 Å². The number of thioether (sulfide) groups is 1.